The number of likely N-dealkylation sites (N-methyl/N-ethyl adjacent to an activating group) is 1. The number of hydrogen-bond donors (Lipinski definition) is 2. The third-order valence-electron chi connectivity index (χ3n) is 4.32. The molecule has 0 saturated heterocycles. The van der Waals surface area contributed by atoms with Gasteiger partial charge in [-0.3, -0.25) is 9.78 Å². The molecular formula is C22H23N3O. The Kier molecular flexibility index (Phi) is 6.12. The Hall–Kier alpha value is -2.98. The fourth-order valence-corrected chi connectivity index (χ4v) is 2.92. The second-order valence-corrected chi connectivity index (χ2v) is 6.18. The van der Waals surface area contributed by atoms with Gasteiger partial charge < -0.3 is 10.6 Å². The average Bonchev–Trinajstić information content (AvgIpc) is 2.72. The molecule has 0 spiro atoms. The second kappa shape index (κ2) is 8.92. The number of pyridine rings is 1. The van der Waals surface area contributed by atoms with Gasteiger partial charge in [0.2, 0.25) is 5.91 Å². The molecule has 26 heavy (non-hydrogen) atoms. The Morgan fingerprint density at radius 1 is 0.962 bits per heavy atom. The number of carbonyl (C=O) groups is 1. The summed E-state index contributed by atoms with van der Waals surface area (Å²) in [6.45, 7) is 0.624. The van der Waals surface area contributed by atoms with E-state index in [0.717, 1.165) is 22.3 Å². The molecule has 0 fully saturated rings. The molecular weight excluding hydrogens is 322 g/mol. The van der Waals surface area contributed by atoms with Crippen molar-refractivity contribution in [3.05, 3.63) is 90.3 Å². The first-order valence-electron chi connectivity index (χ1n) is 8.74. The maximum Gasteiger partial charge on any atom is 0.237 e. The number of carbonyl (C=O) groups excluding carboxylic acids is 1. The molecule has 1 amide bonds. The number of rotatable bonds is 7. The molecule has 4 heteroatoms. The number of nitrogens with zero attached hydrogens (tertiary/aromatic N) is 1. The lowest BCUT2D eigenvalue weighted by Gasteiger charge is -2.18. The predicted molar refractivity (Wildman–Crippen MR) is 105 cm³/mol. The topological polar surface area (TPSA) is 54.0 Å². The highest BCUT2D eigenvalue weighted by Gasteiger charge is 2.17. The van der Waals surface area contributed by atoms with Crippen LogP contribution in [-0.4, -0.2) is 24.0 Å². The molecule has 0 aliphatic heterocycles. The van der Waals surface area contributed by atoms with E-state index in [9.17, 15) is 4.79 Å². The van der Waals surface area contributed by atoms with Crippen molar-refractivity contribution in [1.82, 2.24) is 15.6 Å². The van der Waals surface area contributed by atoms with Crippen molar-refractivity contribution in [2.75, 3.05) is 7.05 Å². The summed E-state index contributed by atoms with van der Waals surface area (Å²) in [6, 6.07) is 22.1. The standard InChI is InChI=1S/C22H23N3O/c1-23-22(26)21(14-17-7-3-2-4-8-17)25-15-18-9-5-10-19(13-18)20-11-6-12-24-16-20/h2-13,16,21,25H,14-15H2,1H3,(H,23,26). The maximum atomic E-state index is 12.2. The molecule has 0 radical (unpaired) electrons. The number of amides is 1. The lowest BCUT2D eigenvalue weighted by atomic mass is 10.0. The molecule has 0 saturated carbocycles. The zero-order valence-electron chi connectivity index (χ0n) is 14.9. The average molecular weight is 345 g/mol. The molecule has 0 bridgehead atoms. The van der Waals surface area contributed by atoms with Gasteiger partial charge in [-0.1, -0.05) is 54.6 Å². The van der Waals surface area contributed by atoms with E-state index in [4.69, 9.17) is 0 Å². The van der Waals surface area contributed by atoms with Crippen molar-refractivity contribution in [2.24, 2.45) is 0 Å². The van der Waals surface area contributed by atoms with Crippen LogP contribution in [0, 0.1) is 0 Å². The quantitative estimate of drug-likeness (QED) is 0.691. The van der Waals surface area contributed by atoms with E-state index in [1.54, 1.807) is 13.2 Å². The maximum absolute atomic E-state index is 12.2. The molecule has 1 atom stereocenters. The zero-order chi connectivity index (χ0) is 18.2. The fraction of sp³-hybridized carbons (Fsp3) is 0.182. The summed E-state index contributed by atoms with van der Waals surface area (Å²) >= 11 is 0. The predicted octanol–water partition coefficient (Wildman–Crippen LogP) is 3.20. The Morgan fingerprint density at radius 2 is 1.73 bits per heavy atom. The first-order valence-corrected chi connectivity index (χ1v) is 8.74. The molecule has 0 aliphatic carbocycles. The number of aromatic nitrogens is 1. The van der Waals surface area contributed by atoms with Crippen LogP contribution in [0.2, 0.25) is 0 Å². The first kappa shape index (κ1) is 17.8. The largest absolute Gasteiger partial charge is 0.358 e. The third-order valence-corrected chi connectivity index (χ3v) is 4.32. The summed E-state index contributed by atoms with van der Waals surface area (Å²) in [4.78, 5) is 16.4. The minimum Gasteiger partial charge on any atom is -0.358 e. The Labute approximate surface area is 154 Å². The Balaban J connectivity index is 1.70. The monoisotopic (exact) mass is 345 g/mol. The van der Waals surface area contributed by atoms with Crippen molar-refractivity contribution in [1.29, 1.82) is 0 Å². The van der Waals surface area contributed by atoms with Crippen molar-refractivity contribution in [3.63, 3.8) is 0 Å². The lowest BCUT2D eigenvalue weighted by Crippen LogP contribution is -2.44. The van der Waals surface area contributed by atoms with E-state index in [1.165, 1.54) is 0 Å². The van der Waals surface area contributed by atoms with Gasteiger partial charge in [0.05, 0.1) is 6.04 Å². The minimum absolute atomic E-state index is 0.00253. The molecule has 1 heterocycles. The molecule has 2 N–H and O–H groups in total. The summed E-state index contributed by atoms with van der Waals surface area (Å²) in [6.07, 6.45) is 4.28. The van der Waals surface area contributed by atoms with Crippen LogP contribution in [0.15, 0.2) is 79.1 Å². The highest BCUT2D eigenvalue weighted by Crippen LogP contribution is 2.19. The number of benzene rings is 2. The van der Waals surface area contributed by atoms with E-state index in [2.05, 4.69) is 33.8 Å². The van der Waals surface area contributed by atoms with Gasteiger partial charge in [0.1, 0.15) is 0 Å². The summed E-state index contributed by atoms with van der Waals surface area (Å²) in [5, 5.41) is 6.14. The highest BCUT2D eigenvalue weighted by atomic mass is 16.2. The Morgan fingerprint density at radius 3 is 2.46 bits per heavy atom. The van der Waals surface area contributed by atoms with E-state index < -0.39 is 0 Å². The molecule has 3 rings (SSSR count). The van der Waals surface area contributed by atoms with E-state index >= 15 is 0 Å². The van der Waals surface area contributed by atoms with Gasteiger partial charge in [0.15, 0.2) is 0 Å². The lowest BCUT2D eigenvalue weighted by molar-refractivity contribution is -0.122. The number of hydrogen-bond acceptors (Lipinski definition) is 3. The molecule has 1 aromatic heterocycles. The fourth-order valence-electron chi connectivity index (χ4n) is 2.92. The van der Waals surface area contributed by atoms with E-state index in [0.29, 0.717) is 13.0 Å². The van der Waals surface area contributed by atoms with Gasteiger partial charge in [0, 0.05) is 26.0 Å². The zero-order valence-corrected chi connectivity index (χ0v) is 14.9. The molecule has 2 aromatic carbocycles. The summed E-state index contributed by atoms with van der Waals surface area (Å²) in [5.41, 5.74) is 4.48. The summed E-state index contributed by atoms with van der Waals surface area (Å²) in [5.74, 6) is -0.00253. The summed E-state index contributed by atoms with van der Waals surface area (Å²) < 4.78 is 0. The van der Waals surface area contributed by atoms with Gasteiger partial charge in [-0.15, -0.1) is 0 Å². The van der Waals surface area contributed by atoms with Crippen LogP contribution < -0.4 is 10.6 Å². The highest BCUT2D eigenvalue weighted by molar-refractivity contribution is 5.81. The van der Waals surface area contributed by atoms with Crippen LogP contribution >= 0.6 is 0 Å². The Bertz CT molecular complexity index is 834. The van der Waals surface area contributed by atoms with Crippen LogP contribution in [0.25, 0.3) is 11.1 Å². The van der Waals surface area contributed by atoms with Crippen LogP contribution in [-0.2, 0) is 17.8 Å². The van der Waals surface area contributed by atoms with Crippen molar-refractivity contribution in [2.45, 2.75) is 19.0 Å². The van der Waals surface area contributed by atoms with Crippen molar-refractivity contribution in [3.8, 4) is 11.1 Å². The molecule has 1 unspecified atom stereocenters. The van der Waals surface area contributed by atoms with Crippen molar-refractivity contribution >= 4 is 5.91 Å². The van der Waals surface area contributed by atoms with Crippen molar-refractivity contribution < 1.29 is 4.79 Å². The van der Waals surface area contributed by atoms with Crippen LogP contribution in [0.4, 0.5) is 0 Å². The van der Waals surface area contributed by atoms with Crippen LogP contribution in [0.1, 0.15) is 11.1 Å². The third kappa shape index (κ3) is 4.77. The van der Waals surface area contributed by atoms with Gasteiger partial charge in [0.25, 0.3) is 0 Å². The molecule has 132 valence electrons. The van der Waals surface area contributed by atoms with Gasteiger partial charge in [-0.25, -0.2) is 0 Å². The van der Waals surface area contributed by atoms with Gasteiger partial charge >= 0.3 is 0 Å². The molecule has 0 aliphatic rings. The molecule has 3 aromatic rings. The first-order chi connectivity index (χ1) is 12.8. The van der Waals surface area contributed by atoms with Crippen LogP contribution in [0.3, 0.4) is 0 Å². The number of nitrogens with one attached hydrogen (secondary N) is 2. The summed E-state index contributed by atoms with van der Waals surface area (Å²) in [7, 11) is 1.67. The van der Waals surface area contributed by atoms with E-state index in [-0.39, 0.29) is 11.9 Å². The molecule has 4 nitrogen and oxygen atoms in total. The van der Waals surface area contributed by atoms with E-state index in [1.807, 2.05) is 54.7 Å². The normalized spacial score (nSPS) is 11.7. The van der Waals surface area contributed by atoms with Gasteiger partial charge in [-0.2, -0.15) is 0 Å². The SMILES string of the molecule is CNC(=O)C(Cc1ccccc1)NCc1cccc(-c2cccnc2)c1. The minimum atomic E-state index is -0.274. The smallest absolute Gasteiger partial charge is 0.237 e. The van der Waals surface area contributed by atoms with Gasteiger partial charge in [-0.05, 0) is 40.8 Å². The van der Waals surface area contributed by atoms with Crippen LogP contribution in [0.5, 0.6) is 0 Å². The second-order valence-electron chi connectivity index (χ2n) is 6.18.